The minimum Gasteiger partial charge on any atom is -0.504 e. The van der Waals surface area contributed by atoms with Gasteiger partial charge in [-0.1, -0.05) is 42.5 Å². The summed E-state index contributed by atoms with van der Waals surface area (Å²) < 4.78 is 7.39. The molecule has 2 aromatic heterocycles. The standard InChI is InChI=1S/C22H20N2O2/c1-15-8-7-13-24-18(14-16-9-4-3-5-10-16)20(23-22(15)24)17-11-6-12-19(26-2)21(17)25/h3-13,25H,14H2,1-2H3. The smallest absolute Gasteiger partial charge is 0.167 e. The molecule has 130 valence electrons. The van der Waals surface area contributed by atoms with E-state index in [0.29, 0.717) is 11.3 Å². The van der Waals surface area contributed by atoms with Crippen LogP contribution < -0.4 is 4.74 Å². The van der Waals surface area contributed by atoms with Crippen molar-refractivity contribution in [2.24, 2.45) is 0 Å². The van der Waals surface area contributed by atoms with E-state index in [9.17, 15) is 5.11 Å². The van der Waals surface area contributed by atoms with Gasteiger partial charge >= 0.3 is 0 Å². The summed E-state index contributed by atoms with van der Waals surface area (Å²) in [5.41, 5.74) is 5.68. The Morgan fingerprint density at radius 2 is 1.81 bits per heavy atom. The van der Waals surface area contributed by atoms with Crippen LogP contribution in [0.25, 0.3) is 16.9 Å². The summed E-state index contributed by atoms with van der Waals surface area (Å²) >= 11 is 0. The molecule has 1 N–H and O–H groups in total. The number of benzene rings is 2. The summed E-state index contributed by atoms with van der Waals surface area (Å²) in [5.74, 6) is 0.562. The van der Waals surface area contributed by atoms with E-state index in [-0.39, 0.29) is 5.75 Å². The third-order valence-corrected chi connectivity index (χ3v) is 4.63. The maximum absolute atomic E-state index is 10.7. The van der Waals surface area contributed by atoms with E-state index in [2.05, 4.69) is 16.5 Å². The number of para-hydroxylation sites is 1. The molecule has 0 saturated heterocycles. The summed E-state index contributed by atoms with van der Waals surface area (Å²) in [5, 5.41) is 10.7. The molecule has 0 aliphatic heterocycles. The molecule has 2 aromatic carbocycles. The summed E-state index contributed by atoms with van der Waals surface area (Å²) in [7, 11) is 1.55. The number of aromatic hydroxyl groups is 1. The number of phenolic OH excluding ortho intramolecular Hbond substituents is 1. The van der Waals surface area contributed by atoms with Crippen LogP contribution in [0.2, 0.25) is 0 Å². The molecular weight excluding hydrogens is 324 g/mol. The Labute approximate surface area is 152 Å². The number of hydrogen-bond donors (Lipinski definition) is 1. The van der Waals surface area contributed by atoms with Gasteiger partial charge in [0.25, 0.3) is 0 Å². The van der Waals surface area contributed by atoms with Crippen LogP contribution in [0.3, 0.4) is 0 Å². The van der Waals surface area contributed by atoms with Crippen LogP contribution >= 0.6 is 0 Å². The van der Waals surface area contributed by atoms with Gasteiger partial charge in [-0.05, 0) is 36.2 Å². The van der Waals surface area contributed by atoms with Crippen molar-refractivity contribution >= 4 is 5.65 Å². The second-order valence-electron chi connectivity index (χ2n) is 6.31. The molecule has 2 heterocycles. The molecular formula is C22H20N2O2. The third-order valence-electron chi connectivity index (χ3n) is 4.63. The SMILES string of the molecule is COc1cccc(-c2nc3c(C)cccn3c2Cc2ccccc2)c1O. The Morgan fingerprint density at radius 1 is 1.00 bits per heavy atom. The monoisotopic (exact) mass is 344 g/mol. The first kappa shape index (κ1) is 16.2. The molecule has 4 heteroatoms. The molecule has 0 amide bonds. The number of hydrogen-bond acceptors (Lipinski definition) is 3. The highest BCUT2D eigenvalue weighted by Gasteiger charge is 2.19. The van der Waals surface area contributed by atoms with Crippen molar-refractivity contribution in [3.05, 3.63) is 83.7 Å². The lowest BCUT2D eigenvalue weighted by Crippen LogP contribution is -1.97. The fourth-order valence-corrected chi connectivity index (χ4v) is 3.30. The van der Waals surface area contributed by atoms with E-state index in [4.69, 9.17) is 9.72 Å². The number of fused-ring (bicyclic) bond motifs is 1. The Bertz CT molecular complexity index is 1070. The Kier molecular flexibility index (Phi) is 4.09. The number of pyridine rings is 1. The molecule has 0 unspecified atom stereocenters. The van der Waals surface area contributed by atoms with E-state index in [0.717, 1.165) is 29.0 Å². The Balaban J connectivity index is 1.97. The molecule has 4 aromatic rings. The molecule has 0 aliphatic carbocycles. The van der Waals surface area contributed by atoms with Crippen molar-refractivity contribution in [1.82, 2.24) is 9.38 Å². The second-order valence-corrected chi connectivity index (χ2v) is 6.31. The van der Waals surface area contributed by atoms with Gasteiger partial charge in [0.05, 0.1) is 18.5 Å². The molecule has 0 aliphatic rings. The zero-order valence-electron chi connectivity index (χ0n) is 14.8. The highest BCUT2D eigenvalue weighted by molar-refractivity contribution is 5.75. The molecule has 0 radical (unpaired) electrons. The molecule has 0 spiro atoms. The largest absolute Gasteiger partial charge is 0.504 e. The van der Waals surface area contributed by atoms with Crippen molar-refractivity contribution in [3.8, 4) is 22.8 Å². The normalized spacial score (nSPS) is 11.0. The minimum absolute atomic E-state index is 0.116. The van der Waals surface area contributed by atoms with Crippen LogP contribution in [0.4, 0.5) is 0 Å². The van der Waals surface area contributed by atoms with Gasteiger partial charge in [0.2, 0.25) is 0 Å². The van der Waals surface area contributed by atoms with Crippen LogP contribution in [0, 0.1) is 6.92 Å². The first-order chi connectivity index (χ1) is 12.7. The summed E-state index contributed by atoms with van der Waals surface area (Å²) in [6.07, 6.45) is 2.74. The van der Waals surface area contributed by atoms with Gasteiger partial charge in [0.15, 0.2) is 11.5 Å². The zero-order chi connectivity index (χ0) is 18.1. The number of methoxy groups -OCH3 is 1. The minimum atomic E-state index is 0.116. The van der Waals surface area contributed by atoms with E-state index < -0.39 is 0 Å². The number of aromatic nitrogens is 2. The van der Waals surface area contributed by atoms with Crippen LogP contribution in [-0.4, -0.2) is 21.6 Å². The molecule has 0 fully saturated rings. The summed E-state index contributed by atoms with van der Waals surface area (Å²) in [6, 6.07) is 19.8. The number of imidazole rings is 1. The fourth-order valence-electron chi connectivity index (χ4n) is 3.30. The lowest BCUT2D eigenvalue weighted by atomic mass is 10.0. The lowest BCUT2D eigenvalue weighted by Gasteiger charge is -2.10. The van der Waals surface area contributed by atoms with Gasteiger partial charge in [0.1, 0.15) is 5.65 Å². The maximum atomic E-state index is 10.7. The van der Waals surface area contributed by atoms with Crippen LogP contribution in [0.15, 0.2) is 66.9 Å². The average molecular weight is 344 g/mol. The molecule has 0 bridgehead atoms. The quantitative estimate of drug-likeness (QED) is 0.588. The zero-order valence-corrected chi connectivity index (χ0v) is 14.8. The van der Waals surface area contributed by atoms with E-state index >= 15 is 0 Å². The fraction of sp³-hybridized carbons (Fsp3) is 0.136. The first-order valence-corrected chi connectivity index (χ1v) is 8.56. The second kappa shape index (κ2) is 6.56. The van der Waals surface area contributed by atoms with Gasteiger partial charge in [-0.2, -0.15) is 0 Å². The summed E-state index contributed by atoms with van der Waals surface area (Å²) in [6.45, 7) is 2.05. The van der Waals surface area contributed by atoms with Crippen molar-refractivity contribution < 1.29 is 9.84 Å². The van der Waals surface area contributed by atoms with Gasteiger partial charge in [-0.3, -0.25) is 0 Å². The van der Waals surface area contributed by atoms with E-state index in [1.807, 2.05) is 55.6 Å². The van der Waals surface area contributed by atoms with Crippen LogP contribution in [0.5, 0.6) is 11.5 Å². The van der Waals surface area contributed by atoms with Crippen LogP contribution in [-0.2, 0) is 6.42 Å². The predicted molar refractivity (Wildman–Crippen MR) is 103 cm³/mol. The number of aryl methyl sites for hydroxylation is 1. The molecule has 4 rings (SSSR count). The molecule has 26 heavy (non-hydrogen) atoms. The highest BCUT2D eigenvalue weighted by atomic mass is 16.5. The van der Waals surface area contributed by atoms with Crippen molar-refractivity contribution in [2.45, 2.75) is 13.3 Å². The number of nitrogens with zero attached hydrogens (tertiary/aromatic N) is 2. The van der Waals surface area contributed by atoms with Crippen molar-refractivity contribution in [2.75, 3.05) is 7.11 Å². The number of ether oxygens (including phenoxy) is 1. The lowest BCUT2D eigenvalue weighted by molar-refractivity contribution is 0.374. The third kappa shape index (κ3) is 2.69. The van der Waals surface area contributed by atoms with Crippen molar-refractivity contribution in [1.29, 1.82) is 0 Å². The van der Waals surface area contributed by atoms with Crippen molar-refractivity contribution in [3.63, 3.8) is 0 Å². The number of rotatable bonds is 4. The van der Waals surface area contributed by atoms with Gasteiger partial charge in [-0.15, -0.1) is 0 Å². The Morgan fingerprint density at radius 3 is 2.58 bits per heavy atom. The predicted octanol–water partition coefficient (Wildman–Crippen LogP) is 4.61. The van der Waals surface area contributed by atoms with Crippen LogP contribution in [0.1, 0.15) is 16.8 Å². The number of phenols is 1. The van der Waals surface area contributed by atoms with Gasteiger partial charge in [-0.25, -0.2) is 4.98 Å². The highest BCUT2D eigenvalue weighted by Crippen LogP contribution is 2.38. The molecule has 0 saturated carbocycles. The summed E-state index contributed by atoms with van der Waals surface area (Å²) in [4.78, 5) is 4.86. The Hall–Kier alpha value is -3.27. The van der Waals surface area contributed by atoms with Gasteiger partial charge < -0.3 is 14.2 Å². The first-order valence-electron chi connectivity index (χ1n) is 8.56. The molecule has 0 atom stereocenters. The van der Waals surface area contributed by atoms with E-state index in [1.54, 1.807) is 13.2 Å². The molecule has 4 nitrogen and oxygen atoms in total. The average Bonchev–Trinajstić information content (AvgIpc) is 3.02. The topological polar surface area (TPSA) is 46.8 Å². The van der Waals surface area contributed by atoms with E-state index in [1.165, 1.54) is 5.56 Å². The van der Waals surface area contributed by atoms with Gasteiger partial charge in [0, 0.05) is 18.2 Å². The maximum Gasteiger partial charge on any atom is 0.167 e.